The van der Waals surface area contributed by atoms with E-state index in [1.807, 2.05) is 70.5 Å². The van der Waals surface area contributed by atoms with Gasteiger partial charge in [0.1, 0.15) is 5.37 Å². The van der Waals surface area contributed by atoms with Crippen molar-refractivity contribution in [1.82, 2.24) is 9.80 Å². The number of thioether (sulfide) groups is 1. The fourth-order valence-electron chi connectivity index (χ4n) is 4.65. The predicted molar refractivity (Wildman–Crippen MR) is 138 cm³/mol. The van der Waals surface area contributed by atoms with Crippen molar-refractivity contribution in [2.45, 2.75) is 11.8 Å². The highest BCUT2D eigenvalue weighted by atomic mass is 32.2. The summed E-state index contributed by atoms with van der Waals surface area (Å²) in [5.74, 6) is 0.768. The van der Waals surface area contributed by atoms with E-state index in [4.69, 9.17) is 0 Å². The van der Waals surface area contributed by atoms with Gasteiger partial charge in [-0.1, -0.05) is 60.7 Å². The van der Waals surface area contributed by atoms with Crippen molar-refractivity contribution in [3.63, 3.8) is 0 Å². The minimum atomic E-state index is 0.00906. The zero-order valence-corrected chi connectivity index (χ0v) is 20.0. The number of amides is 2. The zero-order chi connectivity index (χ0) is 23.3. The van der Waals surface area contributed by atoms with E-state index in [2.05, 4.69) is 29.2 Å². The van der Waals surface area contributed by atoms with E-state index in [9.17, 15) is 9.59 Å². The minimum Gasteiger partial charge on any atom is -0.368 e. The molecule has 2 fully saturated rings. The van der Waals surface area contributed by atoms with Crippen LogP contribution in [0.3, 0.4) is 0 Å². The number of hydrogen-bond donors (Lipinski definition) is 0. The third-order valence-corrected chi connectivity index (χ3v) is 7.84. The second-order valence-electron chi connectivity index (χ2n) is 8.72. The Labute approximate surface area is 205 Å². The van der Waals surface area contributed by atoms with Crippen LogP contribution in [0.25, 0.3) is 0 Å². The van der Waals surface area contributed by atoms with E-state index in [-0.39, 0.29) is 17.2 Å². The molecule has 0 aliphatic carbocycles. The summed E-state index contributed by atoms with van der Waals surface area (Å²) in [6.07, 6.45) is 0.842. The summed E-state index contributed by atoms with van der Waals surface area (Å²) in [4.78, 5) is 31.9. The molecule has 0 N–H and O–H groups in total. The largest absolute Gasteiger partial charge is 0.368 e. The minimum absolute atomic E-state index is 0.00906. The van der Waals surface area contributed by atoms with Crippen molar-refractivity contribution in [1.29, 1.82) is 0 Å². The van der Waals surface area contributed by atoms with Crippen LogP contribution in [0.5, 0.6) is 0 Å². The zero-order valence-electron chi connectivity index (χ0n) is 19.2. The van der Waals surface area contributed by atoms with Crippen LogP contribution in [0, 0.1) is 0 Å². The van der Waals surface area contributed by atoms with Crippen LogP contribution in [0.15, 0.2) is 84.9 Å². The fourth-order valence-corrected chi connectivity index (χ4v) is 5.86. The smallest absolute Gasteiger partial charge is 0.253 e. The predicted octanol–water partition coefficient (Wildman–Crippen LogP) is 4.47. The Morgan fingerprint density at radius 2 is 1.47 bits per heavy atom. The van der Waals surface area contributed by atoms with Crippen LogP contribution in [0.2, 0.25) is 0 Å². The van der Waals surface area contributed by atoms with Crippen molar-refractivity contribution >= 4 is 29.3 Å². The first-order valence-electron chi connectivity index (χ1n) is 11.8. The Kier molecular flexibility index (Phi) is 6.86. The van der Waals surface area contributed by atoms with Gasteiger partial charge in [-0.05, 0) is 41.8 Å². The molecule has 0 spiro atoms. The summed E-state index contributed by atoms with van der Waals surface area (Å²) in [5, 5.41) is 0.00906. The van der Waals surface area contributed by atoms with Gasteiger partial charge in [-0.2, -0.15) is 0 Å². The lowest BCUT2D eigenvalue weighted by atomic mass is 10.1. The molecule has 0 saturated carbocycles. The Morgan fingerprint density at radius 3 is 2.15 bits per heavy atom. The molecular formula is C28H29N3O2S. The number of para-hydroxylation sites is 1. The van der Waals surface area contributed by atoms with E-state index < -0.39 is 0 Å². The molecule has 0 unspecified atom stereocenters. The number of anilines is 1. The number of hydrogen-bond acceptors (Lipinski definition) is 4. The molecule has 0 aromatic heterocycles. The quantitative estimate of drug-likeness (QED) is 0.532. The average molecular weight is 472 g/mol. The van der Waals surface area contributed by atoms with Gasteiger partial charge in [-0.15, -0.1) is 11.8 Å². The summed E-state index contributed by atoms with van der Waals surface area (Å²) in [6.45, 7) is 3.81. The van der Waals surface area contributed by atoms with Gasteiger partial charge in [0.15, 0.2) is 0 Å². The summed E-state index contributed by atoms with van der Waals surface area (Å²) in [7, 11) is 0. The molecule has 34 heavy (non-hydrogen) atoms. The van der Waals surface area contributed by atoms with Gasteiger partial charge in [-0.25, -0.2) is 0 Å². The maximum absolute atomic E-state index is 13.1. The molecule has 2 aliphatic rings. The molecule has 5 nitrogen and oxygen atoms in total. The van der Waals surface area contributed by atoms with E-state index in [1.165, 1.54) is 11.3 Å². The summed E-state index contributed by atoms with van der Waals surface area (Å²) in [6, 6.07) is 28.5. The van der Waals surface area contributed by atoms with Crippen molar-refractivity contribution in [2.24, 2.45) is 0 Å². The highest BCUT2D eigenvalue weighted by molar-refractivity contribution is 8.00. The van der Waals surface area contributed by atoms with Crippen LogP contribution >= 0.6 is 11.8 Å². The molecule has 1 atom stereocenters. The van der Waals surface area contributed by atoms with E-state index in [0.717, 1.165) is 38.2 Å². The monoisotopic (exact) mass is 471 g/mol. The molecule has 5 rings (SSSR count). The Balaban J connectivity index is 1.20. The van der Waals surface area contributed by atoms with Crippen LogP contribution in [-0.2, 0) is 11.2 Å². The molecule has 174 valence electrons. The molecule has 0 bridgehead atoms. The van der Waals surface area contributed by atoms with Gasteiger partial charge in [0.25, 0.3) is 5.91 Å². The van der Waals surface area contributed by atoms with Crippen LogP contribution in [0.4, 0.5) is 5.69 Å². The molecule has 3 aromatic carbocycles. The lowest BCUT2D eigenvalue weighted by molar-refractivity contribution is -0.128. The van der Waals surface area contributed by atoms with Gasteiger partial charge in [-0.3, -0.25) is 9.59 Å². The van der Waals surface area contributed by atoms with E-state index in [1.54, 1.807) is 11.8 Å². The third kappa shape index (κ3) is 4.97. The number of carbonyl (C=O) groups is 2. The van der Waals surface area contributed by atoms with Crippen molar-refractivity contribution in [3.05, 3.63) is 102 Å². The number of piperazine rings is 1. The number of carbonyl (C=O) groups excluding carboxylic acids is 2. The highest BCUT2D eigenvalue weighted by Gasteiger charge is 2.32. The Morgan fingerprint density at radius 1 is 0.824 bits per heavy atom. The number of rotatable bonds is 6. The first-order valence-corrected chi connectivity index (χ1v) is 12.9. The summed E-state index contributed by atoms with van der Waals surface area (Å²) < 4.78 is 0. The second-order valence-corrected chi connectivity index (χ2v) is 9.79. The normalized spacial score (nSPS) is 18.4. The highest BCUT2D eigenvalue weighted by Crippen LogP contribution is 2.38. The fraction of sp³-hybridized carbons (Fsp3) is 0.286. The number of benzene rings is 3. The van der Waals surface area contributed by atoms with Crippen LogP contribution in [-0.4, -0.2) is 60.1 Å². The second kappa shape index (κ2) is 10.3. The van der Waals surface area contributed by atoms with Crippen molar-refractivity contribution < 1.29 is 9.59 Å². The molecule has 2 saturated heterocycles. The first kappa shape index (κ1) is 22.5. The van der Waals surface area contributed by atoms with Gasteiger partial charge >= 0.3 is 0 Å². The number of nitrogens with zero attached hydrogens (tertiary/aromatic N) is 3. The molecule has 2 aliphatic heterocycles. The van der Waals surface area contributed by atoms with E-state index in [0.29, 0.717) is 17.9 Å². The Hall–Kier alpha value is -3.25. The Bertz CT molecular complexity index is 1110. The molecule has 2 heterocycles. The molecular weight excluding hydrogens is 442 g/mol. The summed E-state index contributed by atoms with van der Waals surface area (Å²) >= 11 is 1.66. The van der Waals surface area contributed by atoms with Gasteiger partial charge in [0, 0.05) is 44.0 Å². The molecule has 6 heteroatoms. The lowest BCUT2D eigenvalue weighted by Gasteiger charge is -2.36. The first-order chi connectivity index (χ1) is 16.7. The van der Waals surface area contributed by atoms with Gasteiger partial charge < -0.3 is 14.7 Å². The topological polar surface area (TPSA) is 43.9 Å². The van der Waals surface area contributed by atoms with Gasteiger partial charge in [0.05, 0.1) is 5.75 Å². The van der Waals surface area contributed by atoms with Crippen LogP contribution in [0.1, 0.15) is 26.9 Å². The SMILES string of the molecule is O=C(c1ccc([C@H]2SCC(=O)N2CCc2ccccc2)cc1)N1CCN(c2ccccc2)CC1. The maximum Gasteiger partial charge on any atom is 0.253 e. The van der Waals surface area contributed by atoms with Crippen molar-refractivity contribution in [3.8, 4) is 0 Å². The van der Waals surface area contributed by atoms with Crippen LogP contribution < -0.4 is 4.90 Å². The molecule has 0 radical (unpaired) electrons. The van der Waals surface area contributed by atoms with Gasteiger partial charge in [0.2, 0.25) is 5.91 Å². The summed E-state index contributed by atoms with van der Waals surface area (Å²) in [5.41, 5.74) is 4.23. The average Bonchev–Trinajstić information content (AvgIpc) is 3.28. The third-order valence-electron chi connectivity index (χ3n) is 6.58. The molecule has 2 amide bonds. The standard InChI is InChI=1S/C28H29N3O2S/c32-26-21-34-28(31(26)16-15-22-7-3-1-4-8-22)24-13-11-23(12-14-24)27(33)30-19-17-29(18-20-30)25-9-5-2-6-10-25/h1-14,28H,15-21H2/t28-/m1/s1. The molecule has 3 aromatic rings. The lowest BCUT2D eigenvalue weighted by Crippen LogP contribution is -2.48. The van der Waals surface area contributed by atoms with E-state index >= 15 is 0 Å². The van der Waals surface area contributed by atoms with Crippen molar-refractivity contribution in [2.75, 3.05) is 43.4 Å². The maximum atomic E-state index is 13.1.